The molecule has 8 heteroatoms. The molecular formula is C21H23N3O3S2. The first kappa shape index (κ1) is 21.3. The van der Waals surface area contributed by atoms with Crippen LogP contribution in [0.25, 0.3) is 10.9 Å². The summed E-state index contributed by atoms with van der Waals surface area (Å²) in [6.45, 7) is 1.95. The molecule has 6 nitrogen and oxygen atoms in total. The highest BCUT2D eigenvalue weighted by molar-refractivity contribution is 8.00. The second-order valence-electron chi connectivity index (χ2n) is 6.66. The number of hydrogen-bond donors (Lipinski definition) is 1. The summed E-state index contributed by atoms with van der Waals surface area (Å²) in [7, 11) is -0.531. The number of carbonyl (C=O) groups is 1. The van der Waals surface area contributed by atoms with Gasteiger partial charge < -0.3 is 5.32 Å². The van der Waals surface area contributed by atoms with E-state index in [1.807, 2.05) is 43.3 Å². The molecular weight excluding hydrogens is 406 g/mol. The second kappa shape index (κ2) is 8.94. The van der Waals surface area contributed by atoms with Gasteiger partial charge in [0.05, 0.1) is 20.7 Å². The second-order valence-corrected chi connectivity index (χ2v) is 10.0. The summed E-state index contributed by atoms with van der Waals surface area (Å²) in [6.07, 6.45) is 0.637. The average molecular weight is 430 g/mol. The molecule has 1 aromatic heterocycles. The molecule has 29 heavy (non-hydrogen) atoms. The number of para-hydroxylation sites is 1. The molecule has 0 bridgehead atoms. The van der Waals surface area contributed by atoms with Gasteiger partial charge in [0.25, 0.3) is 0 Å². The monoisotopic (exact) mass is 429 g/mol. The molecule has 1 amide bonds. The minimum absolute atomic E-state index is 0.143. The van der Waals surface area contributed by atoms with E-state index >= 15 is 0 Å². The van der Waals surface area contributed by atoms with Crippen LogP contribution in [0.3, 0.4) is 0 Å². The summed E-state index contributed by atoms with van der Waals surface area (Å²) in [5.74, 6) is -0.143. The highest BCUT2D eigenvalue weighted by Crippen LogP contribution is 2.27. The number of aromatic nitrogens is 1. The minimum atomic E-state index is -3.49. The Morgan fingerprint density at radius 2 is 1.76 bits per heavy atom. The molecule has 0 aliphatic heterocycles. The van der Waals surface area contributed by atoms with Gasteiger partial charge in [0.15, 0.2) is 0 Å². The van der Waals surface area contributed by atoms with E-state index in [1.54, 1.807) is 12.1 Å². The lowest BCUT2D eigenvalue weighted by atomic mass is 10.2. The third kappa shape index (κ3) is 4.95. The van der Waals surface area contributed by atoms with Gasteiger partial charge >= 0.3 is 0 Å². The predicted molar refractivity (Wildman–Crippen MR) is 118 cm³/mol. The van der Waals surface area contributed by atoms with Gasteiger partial charge in [-0.25, -0.2) is 17.7 Å². The van der Waals surface area contributed by atoms with E-state index in [2.05, 4.69) is 10.3 Å². The summed E-state index contributed by atoms with van der Waals surface area (Å²) in [6, 6.07) is 17.9. The summed E-state index contributed by atoms with van der Waals surface area (Å²) in [5, 5.41) is 4.40. The molecule has 1 unspecified atom stereocenters. The predicted octanol–water partition coefficient (Wildman–Crippen LogP) is 3.99. The van der Waals surface area contributed by atoms with Crippen molar-refractivity contribution in [1.29, 1.82) is 0 Å². The van der Waals surface area contributed by atoms with E-state index in [1.165, 1.54) is 38.0 Å². The maximum Gasteiger partial charge on any atom is 0.242 e. The molecule has 1 atom stereocenters. The highest BCUT2D eigenvalue weighted by atomic mass is 32.2. The Labute approximate surface area is 175 Å². The van der Waals surface area contributed by atoms with E-state index in [0.29, 0.717) is 12.1 Å². The van der Waals surface area contributed by atoms with Crippen LogP contribution in [0.1, 0.15) is 13.3 Å². The molecule has 3 aromatic rings. The smallest absolute Gasteiger partial charge is 0.242 e. The van der Waals surface area contributed by atoms with Crippen molar-refractivity contribution in [3.05, 3.63) is 60.7 Å². The van der Waals surface area contributed by atoms with Gasteiger partial charge in [0, 0.05) is 25.2 Å². The van der Waals surface area contributed by atoms with Gasteiger partial charge in [-0.3, -0.25) is 4.79 Å². The van der Waals surface area contributed by atoms with E-state index in [4.69, 9.17) is 0 Å². The van der Waals surface area contributed by atoms with E-state index in [9.17, 15) is 13.2 Å². The first-order valence-electron chi connectivity index (χ1n) is 9.17. The highest BCUT2D eigenvalue weighted by Gasteiger charge is 2.20. The summed E-state index contributed by atoms with van der Waals surface area (Å²) < 4.78 is 25.4. The third-order valence-corrected chi connectivity index (χ3v) is 7.53. The van der Waals surface area contributed by atoms with Crippen molar-refractivity contribution < 1.29 is 13.2 Å². The van der Waals surface area contributed by atoms with Crippen LogP contribution in [0.5, 0.6) is 0 Å². The molecule has 1 N–H and O–H groups in total. The quantitative estimate of drug-likeness (QED) is 0.575. The zero-order valence-electron chi connectivity index (χ0n) is 16.5. The van der Waals surface area contributed by atoms with E-state index in [0.717, 1.165) is 20.2 Å². The topological polar surface area (TPSA) is 79.4 Å². The number of benzene rings is 2. The molecule has 0 saturated carbocycles. The van der Waals surface area contributed by atoms with Gasteiger partial charge in [-0.05, 0) is 42.8 Å². The summed E-state index contributed by atoms with van der Waals surface area (Å²) in [5.41, 5.74) is 1.45. The van der Waals surface area contributed by atoms with Crippen LogP contribution in [-0.2, 0) is 14.8 Å². The summed E-state index contributed by atoms with van der Waals surface area (Å²) >= 11 is 1.42. The third-order valence-electron chi connectivity index (χ3n) is 4.40. The number of nitrogens with zero attached hydrogens (tertiary/aromatic N) is 2. The molecule has 2 aromatic carbocycles. The molecule has 0 spiro atoms. The summed E-state index contributed by atoms with van der Waals surface area (Å²) in [4.78, 5) is 17.5. The normalized spacial score (nSPS) is 12.8. The van der Waals surface area contributed by atoms with Crippen LogP contribution in [-0.4, -0.2) is 43.0 Å². The van der Waals surface area contributed by atoms with Crippen LogP contribution in [0.2, 0.25) is 0 Å². The maximum atomic E-state index is 12.7. The van der Waals surface area contributed by atoms with E-state index < -0.39 is 10.0 Å². The number of fused-ring (bicyclic) bond motifs is 1. The van der Waals surface area contributed by atoms with Gasteiger partial charge in [0.2, 0.25) is 15.9 Å². The fourth-order valence-corrected chi connectivity index (χ4v) is 4.55. The lowest BCUT2D eigenvalue weighted by molar-refractivity contribution is -0.115. The first-order chi connectivity index (χ1) is 13.8. The molecule has 1 heterocycles. The number of pyridine rings is 1. The average Bonchev–Trinajstić information content (AvgIpc) is 2.72. The van der Waals surface area contributed by atoms with Gasteiger partial charge in [-0.15, -0.1) is 0 Å². The number of carbonyl (C=O) groups excluding carboxylic acids is 1. The molecule has 0 aliphatic rings. The Hall–Kier alpha value is -2.42. The van der Waals surface area contributed by atoms with Gasteiger partial charge in [0.1, 0.15) is 0 Å². The minimum Gasteiger partial charge on any atom is -0.325 e. The standard InChI is InChI=1S/C21H23N3O3S2/c1-4-19(28-20-14-9-15-7-5-6-8-18(15)23-20)21(25)22-16-10-12-17(13-11-16)29(26,27)24(2)3/h5-14,19H,4H2,1-3H3,(H,22,25). The van der Waals surface area contributed by atoms with Crippen LogP contribution in [0, 0.1) is 0 Å². The number of hydrogen-bond acceptors (Lipinski definition) is 5. The molecule has 0 fully saturated rings. The number of amides is 1. The number of rotatable bonds is 7. The van der Waals surface area contributed by atoms with Crippen LogP contribution >= 0.6 is 11.8 Å². The largest absolute Gasteiger partial charge is 0.325 e. The van der Waals surface area contributed by atoms with Gasteiger partial charge in [-0.1, -0.05) is 43.0 Å². The Kier molecular flexibility index (Phi) is 6.56. The Bertz CT molecular complexity index is 1110. The van der Waals surface area contributed by atoms with Crippen LogP contribution < -0.4 is 5.32 Å². The molecule has 3 rings (SSSR count). The fraction of sp³-hybridized carbons (Fsp3) is 0.238. The van der Waals surface area contributed by atoms with Crippen molar-refractivity contribution in [2.45, 2.75) is 28.5 Å². The number of sulfonamides is 1. The fourth-order valence-electron chi connectivity index (χ4n) is 2.72. The number of anilines is 1. The Balaban J connectivity index is 1.70. The maximum absolute atomic E-state index is 12.7. The van der Waals surface area contributed by atoms with Crippen molar-refractivity contribution in [2.75, 3.05) is 19.4 Å². The van der Waals surface area contributed by atoms with Crippen LogP contribution in [0.15, 0.2) is 70.6 Å². The zero-order chi connectivity index (χ0) is 21.0. The number of thioether (sulfide) groups is 1. The molecule has 152 valence electrons. The first-order valence-corrected chi connectivity index (χ1v) is 11.5. The van der Waals surface area contributed by atoms with Gasteiger partial charge in [-0.2, -0.15) is 0 Å². The van der Waals surface area contributed by atoms with Crippen molar-refractivity contribution in [2.24, 2.45) is 0 Å². The van der Waals surface area contributed by atoms with Crippen molar-refractivity contribution >= 4 is 44.3 Å². The zero-order valence-corrected chi connectivity index (χ0v) is 18.1. The van der Waals surface area contributed by atoms with Crippen molar-refractivity contribution in [3.8, 4) is 0 Å². The van der Waals surface area contributed by atoms with E-state index in [-0.39, 0.29) is 16.1 Å². The lowest BCUT2D eigenvalue weighted by Crippen LogP contribution is -2.25. The van der Waals surface area contributed by atoms with Crippen molar-refractivity contribution in [1.82, 2.24) is 9.29 Å². The Morgan fingerprint density at radius 3 is 2.41 bits per heavy atom. The molecule has 0 aliphatic carbocycles. The molecule has 0 radical (unpaired) electrons. The SMILES string of the molecule is CCC(Sc1ccc2ccccc2n1)C(=O)Nc1ccc(S(=O)(=O)N(C)C)cc1. The van der Waals surface area contributed by atoms with Crippen LogP contribution in [0.4, 0.5) is 5.69 Å². The molecule has 0 saturated heterocycles. The lowest BCUT2D eigenvalue weighted by Gasteiger charge is -2.15. The Morgan fingerprint density at radius 1 is 1.07 bits per heavy atom. The number of nitrogens with one attached hydrogen (secondary N) is 1. The van der Waals surface area contributed by atoms with Crippen molar-refractivity contribution in [3.63, 3.8) is 0 Å².